The van der Waals surface area contributed by atoms with Gasteiger partial charge in [0.25, 0.3) is 0 Å². The molecule has 0 radical (unpaired) electrons. The molecule has 2 rings (SSSR count). The third-order valence-corrected chi connectivity index (χ3v) is 3.79. The number of rotatable bonds is 6. The lowest BCUT2D eigenvalue weighted by molar-refractivity contribution is 0.199. The molecule has 1 fully saturated rings. The molecule has 2 heterocycles. The molecule has 6 heteroatoms. The van der Waals surface area contributed by atoms with Crippen molar-refractivity contribution in [1.29, 1.82) is 0 Å². The Bertz CT molecular complexity index is 417. The topological polar surface area (TPSA) is 37.4 Å². The van der Waals surface area contributed by atoms with E-state index in [1.54, 1.807) is 19.4 Å². The summed E-state index contributed by atoms with van der Waals surface area (Å²) in [6.45, 7) is 3.50. The molecule has 0 saturated carbocycles. The summed E-state index contributed by atoms with van der Waals surface area (Å²) < 4.78 is 5.03. The molecule has 1 aliphatic rings. The van der Waals surface area contributed by atoms with E-state index in [1.165, 1.54) is 0 Å². The van der Waals surface area contributed by atoms with E-state index < -0.39 is 0 Å². The van der Waals surface area contributed by atoms with Crippen molar-refractivity contribution in [3.63, 3.8) is 0 Å². The highest BCUT2D eigenvalue weighted by Crippen LogP contribution is 2.31. The second-order valence-electron chi connectivity index (χ2n) is 4.65. The first-order valence-corrected chi connectivity index (χ1v) is 7.25. The second-order valence-corrected chi connectivity index (χ2v) is 5.49. The van der Waals surface area contributed by atoms with E-state index in [0.717, 1.165) is 44.9 Å². The Hall–Kier alpha value is -0.550. The van der Waals surface area contributed by atoms with E-state index in [4.69, 9.17) is 27.9 Å². The Labute approximate surface area is 124 Å². The van der Waals surface area contributed by atoms with Crippen LogP contribution < -0.4 is 10.2 Å². The van der Waals surface area contributed by atoms with Crippen molar-refractivity contribution < 1.29 is 4.74 Å². The molecule has 1 aliphatic heterocycles. The molecular weight excluding hydrogens is 285 g/mol. The van der Waals surface area contributed by atoms with Gasteiger partial charge in [-0.15, -0.1) is 0 Å². The van der Waals surface area contributed by atoms with E-state index in [-0.39, 0.29) is 0 Å². The molecule has 0 amide bonds. The third kappa shape index (κ3) is 3.96. The van der Waals surface area contributed by atoms with Gasteiger partial charge in [0.1, 0.15) is 5.82 Å². The molecule has 1 aromatic rings. The predicted octanol–water partition coefficient (Wildman–Crippen LogP) is 2.59. The Kier molecular flexibility index (Phi) is 5.70. The van der Waals surface area contributed by atoms with Gasteiger partial charge in [0.05, 0.1) is 16.7 Å². The van der Waals surface area contributed by atoms with E-state index >= 15 is 0 Å². The van der Waals surface area contributed by atoms with Crippen LogP contribution in [0.3, 0.4) is 0 Å². The van der Waals surface area contributed by atoms with Crippen molar-refractivity contribution in [3.8, 4) is 0 Å². The molecule has 19 heavy (non-hydrogen) atoms. The van der Waals surface area contributed by atoms with E-state index in [1.807, 2.05) is 0 Å². The summed E-state index contributed by atoms with van der Waals surface area (Å²) in [5, 5.41) is 4.59. The fourth-order valence-corrected chi connectivity index (χ4v) is 2.88. The number of ether oxygens (including phenoxy) is 1. The summed E-state index contributed by atoms with van der Waals surface area (Å²) in [6.07, 6.45) is 3.97. The molecular formula is C13H19Cl2N3O. The summed E-state index contributed by atoms with van der Waals surface area (Å²) in [5.41, 5.74) is 0. The smallest absolute Gasteiger partial charge is 0.147 e. The highest BCUT2D eigenvalue weighted by Gasteiger charge is 2.26. The average molecular weight is 304 g/mol. The Morgan fingerprint density at radius 1 is 1.53 bits per heavy atom. The summed E-state index contributed by atoms with van der Waals surface area (Å²) in [6, 6.07) is 2.18. The van der Waals surface area contributed by atoms with Crippen molar-refractivity contribution in [2.75, 3.05) is 38.3 Å². The SMILES string of the molecule is COCCNCC1CCCN1c1ncc(Cl)cc1Cl. The second kappa shape index (κ2) is 7.29. The van der Waals surface area contributed by atoms with Crippen LogP contribution in [-0.4, -0.2) is 44.4 Å². The standard InChI is InChI=1S/C13H19Cl2N3O/c1-19-6-4-16-9-11-3-2-5-18(11)13-12(15)7-10(14)8-17-13/h7-8,11,16H,2-6,9H2,1H3. The number of aromatic nitrogens is 1. The van der Waals surface area contributed by atoms with Crippen LogP contribution in [0.1, 0.15) is 12.8 Å². The molecule has 0 spiro atoms. The number of nitrogens with one attached hydrogen (secondary N) is 1. The molecule has 1 aromatic heterocycles. The molecule has 1 atom stereocenters. The molecule has 0 bridgehead atoms. The lowest BCUT2D eigenvalue weighted by Crippen LogP contribution is -2.39. The van der Waals surface area contributed by atoms with Crippen molar-refractivity contribution in [2.24, 2.45) is 0 Å². The summed E-state index contributed by atoms with van der Waals surface area (Å²) in [4.78, 5) is 6.63. The van der Waals surface area contributed by atoms with Crippen LogP contribution in [-0.2, 0) is 4.74 Å². The van der Waals surface area contributed by atoms with Crippen LogP contribution in [0.5, 0.6) is 0 Å². The number of nitrogens with zero attached hydrogens (tertiary/aromatic N) is 2. The van der Waals surface area contributed by atoms with Gasteiger partial charge in [-0.3, -0.25) is 0 Å². The van der Waals surface area contributed by atoms with Crippen molar-refractivity contribution in [2.45, 2.75) is 18.9 Å². The lowest BCUT2D eigenvalue weighted by atomic mass is 10.2. The van der Waals surface area contributed by atoms with E-state index in [9.17, 15) is 0 Å². The molecule has 106 valence electrons. The minimum absolute atomic E-state index is 0.433. The van der Waals surface area contributed by atoms with Gasteiger partial charge in [-0.05, 0) is 18.9 Å². The summed E-state index contributed by atoms with van der Waals surface area (Å²) >= 11 is 12.1. The summed E-state index contributed by atoms with van der Waals surface area (Å²) in [5.74, 6) is 0.835. The molecule has 0 aromatic carbocycles. The zero-order valence-electron chi connectivity index (χ0n) is 11.0. The molecule has 4 nitrogen and oxygen atoms in total. The third-order valence-electron chi connectivity index (χ3n) is 3.30. The zero-order valence-corrected chi connectivity index (χ0v) is 12.5. The van der Waals surface area contributed by atoms with Gasteiger partial charge in [-0.25, -0.2) is 4.98 Å². The van der Waals surface area contributed by atoms with Gasteiger partial charge in [0, 0.05) is 39.0 Å². The molecule has 1 saturated heterocycles. The molecule has 0 aliphatic carbocycles. The number of hydrogen-bond acceptors (Lipinski definition) is 4. The van der Waals surface area contributed by atoms with Gasteiger partial charge >= 0.3 is 0 Å². The van der Waals surface area contributed by atoms with Crippen LogP contribution in [0.25, 0.3) is 0 Å². The van der Waals surface area contributed by atoms with Crippen LogP contribution in [0.4, 0.5) is 5.82 Å². The lowest BCUT2D eigenvalue weighted by Gasteiger charge is -2.26. The van der Waals surface area contributed by atoms with Gasteiger partial charge in [0.2, 0.25) is 0 Å². The first kappa shape index (κ1) is 14.9. The van der Waals surface area contributed by atoms with Crippen LogP contribution >= 0.6 is 23.2 Å². The average Bonchev–Trinajstić information content (AvgIpc) is 2.83. The highest BCUT2D eigenvalue weighted by atomic mass is 35.5. The minimum atomic E-state index is 0.433. The number of methoxy groups -OCH3 is 1. The monoisotopic (exact) mass is 303 g/mol. The van der Waals surface area contributed by atoms with Crippen molar-refractivity contribution in [1.82, 2.24) is 10.3 Å². The van der Waals surface area contributed by atoms with Crippen LogP contribution in [0.2, 0.25) is 10.0 Å². The first-order chi connectivity index (χ1) is 9.22. The first-order valence-electron chi connectivity index (χ1n) is 6.49. The predicted molar refractivity (Wildman–Crippen MR) is 79.4 cm³/mol. The summed E-state index contributed by atoms with van der Waals surface area (Å²) in [7, 11) is 1.71. The Balaban J connectivity index is 1.97. The van der Waals surface area contributed by atoms with Crippen LogP contribution in [0, 0.1) is 0 Å². The maximum absolute atomic E-state index is 6.23. The molecule has 1 N–H and O–H groups in total. The largest absolute Gasteiger partial charge is 0.383 e. The van der Waals surface area contributed by atoms with Gasteiger partial charge < -0.3 is 15.0 Å². The van der Waals surface area contributed by atoms with E-state index in [0.29, 0.717) is 16.1 Å². The Morgan fingerprint density at radius 3 is 3.11 bits per heavy atom. The highest BCUT2D eigenvalue weighted by molar-refractivity contribution is 6.36. The van der Waals surface area contributed by atoms with E-state index in [2.05, 4.69) is 15.2 Å². The normalized spacial score (nSPS) is 19.1. The maximum atomic E-state index is 6.23. The number of halogens is 2. The fraction of sp³-hybridized carbons (Fsp3) is 0.615. The van der Waals surface area contributed by atoms with Gasteiger partial charge in [-0.1, -0.05) is 23.2 Å². The number of anilines is 1. The zero-order chi connectivity index (χ0) is 13.7. The number of pyridine rings is 1. The van der Waals surface area contributed by atoms with Crippen molar-refractivity contribution in [3.05, 3.63) is 22.3 Å². The Morgan fingerprint density at radius 2 is 2.37 bits per heavy atom. The quantitative estimate of drug-likeness (QED) is 0.820. The van der Waals surface area contributed by atoms with Crippen LogP contribution in [0.15, 0.2) is 12.3 Å². The number of hydrogen-bond donors (Lipinski definition) is 1. The maximum Gasteiger partial charge on any atom is 0.147 e. The fourth-order valence-electron chi connectivity index (χ4n) is 2.39. The molecule has 1 unspecified atom stereocenters. The van der Waals surface area contributed by atoms with Gasteiger partial charge in [0.15, 0.2) is 0 Å². The van der Waals surface area contributed by atoms with Crippen molar-refractivity contribution >= 4 is 29.0 Å². The minimum Gasteiger partial charge on any atom is -0.383 e. The van der Waals surface area contributed by atoms with Gasteiger partial charge in [-0.2, -0.15) is 0 Å².